The van der Waals surface area contributed by atoms with Gasteiger partial charge in [-0.3, -0.25) is 4.72 Å². The number of carbonyl (C=O) groups is 1. The van der Waals surface area contributed by atoms with Gasteiger partial charge in [-0.15, -0.1) is 11.3 Å². The smallest absolute Gasteiger partial charge is 0.349 e. The number of carbonyl (C=O) groups excluding carboxylic acids is 1. The molecule has 1 aromatic heterocycles. The summed E-state index contributed by atoms with van der Waals surface area (Å²) in [5.41, 5.74) is 1.08. The second kappa shape index (κ2) is 8.30. The molecule has 0 spiro atoms. The minimum absolute atomic E-state index is 0.0404. The van der Waals surface area contributed by atoms with Crippen LogP contribution in [0, 0.1) is 5.82 Å². The van der Waals surface area contributed by atoms with Gasteiger partial charge >= 0.3 is 5.97 Å². The Balaban J connectivity index is 2.12. The quantitative estimate of drug-likeness (QED) is 0.537. The molecule has 0 unspecified atom stereocenters. The van der Waals surface area contributed by atoms with E-state index in [1.54, 1.807) is 42.6 Å². The van der Waals surface area contributed by atoms with Gasteiger partial charge in [-0.2, -0.15) is 0 Å². The molecule has 0 aliphatic heterocycles. The number of anilines is 1. The summed E-state index contributed by atoms with van der Waals surface area (Å²) < 4.78 is 47.0. The number of nitrogens with one attached hydrogen (secondary N) is 1. The van der Waals surface area contributed by atoms with E-state index < -0.39 is 21.8 Å². The summed E-state index contributed by atoms with van der Waals surface area (Å²) in [6.07, 6.45) is 0. The molecule has 0 aliphatic rings. The third-order valence-corrected chi connectivity index (χ3v) is 6.58. The molecule has 3 rings (SSSR count). The van der Waals surface area contributed by atoms with Gasteiger partial charge in [-0.1, -0.05) is 41.9 Å². The lowest BCUT2D eigenvalue weighted by molar-refractivity contribution is 0.0528. The highest BCUT2D eigenvalue weighted by Crippen LogP contribution is 2.37. The third kappa shape index (κ3) is 4.19. The minimum atomic E-state index is -4.19. The van der Waals surface area contributed by atoms with Crippen molar-refractivity contribution in [1.29, 1.82) is 0 Å². The fourth-order valence-corrected chi connectivity index (χ4v) is 5.46. The van der Waals surface area contributed by atoms with E-state index in [4.69, 9.17) is 16.3 Å². The molecule has 0 fully saturated rings. The maximum Gasteiger partial charge on any atom is 0.349 e. The van der Waals surface area contributed by atoms with Gasteiger partial charge in [0.15, 0.2) is 0 Å². The predicted molar refractivity (Wildman–Crippen MR) is 108 cm³/mol. The number of thiophene rings is 1. The zero-order chi connectivity index (χ0) is 20.3. The molecule has 9 heteroatoms. The minimum Gasteiger partial charge on any atom is -0.462 e. The summed E-state index contributed by atoms with van der Waals surface area (Å²) >= 11 is 6.72. The molecule has 1 heterocycles. The van der Waals surface area contributed by atoms with Crippen LogP contribution in [0.2, 0.25) is 5.02 Å². The van der Waals surface area contributed by atoms with E-state index in [0.29, 0.717) is 11.1 Å². The van der Waals surface area contributed by atoms with E-state index in [1.165, 1.54) is 6.07 Å². The number of halogens is 2. The van der Waals surface area contributed by atoms with Crippen molar-refractivity contribution >= 4 is 44.6 Å². The Bertz CT molecular complexity index is 1110. The molecule has 0 bridgehead atoms. The van der Waals surface area contributed by atoms with Crippen molar-refractivity contribution in [1.82, 2.24) is 0 Å². The molecule has 146 valence electrons. The fraction of sp³-hybridized carbons (Fsp3) is 0.105. The van der Waals surface area contributed by atoms with Crippen LogP contribution in [-0.2, 0) is 14.8 Å². The predicted octanol–water partition coefficient (Wildman–Crippen LogP) is 5.19. The van der Waals surface area contributed by atoms with Crippen molar-refractivity contribution in [3.8, 4) is 11.1 Å². The fourth-order valence-electron chi connectivity index (χ4n) is 2.53. The molecule has 0 aliphatic carbocycles. The molecular weight excluding hydrogens is 425 g/mol. The second-order valence-corrected chi connectivity index (χ2v) is 8.53. The normalized spacial score (nSPS) is 11.2. The molecule has 28 heavy (non-hydrogen) atoms. The van der Waals surface area contributed by atoms with Crippen LogP contribution in [-0.4, -0.2) is 21.0 Å². The van der Waals surface area contributed by atoms with Crippen molar-refractivity contribution in [3.05, 3.63) is 69.6 Å². The summed E-state index contributed by atoms with van der Waals surface area (Å²) in [6.45, 7) is 1.74. The number of hydrogen-bond donors (Lipinski definition) is 1. The molecule has 0 radical (unpaired) electrons. The summed E-state index contributed by atoms with van der Waals surface area (Å²) in [7, 11) is -4.19. The number of benzene rings is 2. The van der Waals surface area contributed by atoms with Gasteiger partial charge in [0.1, 0.15) is 15.6 Å². The Kier molecular flexibility index (Phi) is 6.02. The van der Waals surface area contributed by atoms with E-state index in [-0.39, 0.29) is 27.1 Å². The Morgan fingerprint density at radius 3 is 2.57 bits per heavy atom. The Hall–Kier alpha value is -2.42. The SMILES string of the molecule is CCOC(=O)c1scc(-c2ccccc2)c1S(=O)(=O)Nc1ccc(F)c(Cl)c1. The van der Waals surface area contributed by atoms with Gasteiger partial charge in [-0.25, -0.2) is 17.6 Å². The number of hydrogen-bond acceptors (Lipinski definition) is 5. The highest BCUT2D eigenvalue weighted by atomic mass is 35.5. The molecule has 5 nitrogen and oxygen atoms in total. The number of ether oxygens (including phenoxy) is 1. The van der Waals surface area contributed by atoms with Crippen LogP contribution in [0.5, 0.6) is 0 Å². The molecular formula is C19H15ClFNO4S2. The van der Waals surface area contributed by atoms with E-state index in [0.717, 1.165) is 23.5 Å². The molecule has 2 aromatic carbocycles. The average molecular weight is 440 g/mol. The highest BCUT2D eigenvalue weighted by molar-refractivity contribution is 7.93. The standard InChI is InChI=1S/C19H15ClFNO4S2/c1-2-26-19(23)17-18(14(11-27-17)12-6-4-3-5-7-12)28(24,25)22-13-8-9-16(21)15(20)10-13/h3-11,22H,2H2,1H3. The van der Waals surface area contributed by atoms with Crippen molar-refractivity contribution in [2.24, 2.45) is 0 Å². The van der Waals surface area contributed by atoms with E-state index in [9.17, 15) is 17.6 Å². The van der Waals surface area contributed by atoms with Crippen molar-refractivity contribution in [2.75, 3.05) is 11.3 Å². The van der Waals surface area contributed by atoms with Crippen LogP contribution >= 0.6 is 22.9 Å². The monoisotopic (exact) mass is 439 g/mol. The van der Waals surface area contributed by atoms with Crippen LogP contribution < -0.4 is 4.72 Å². The van der Waals surface area contributed by atoms with Crippen LogP contribution in [0.15, 0.2) is 58.8 Å². The lowest BCUT2D eigenvalue weighted by Gasteiger charge is -2.12. The summed E-state index contributed by atoms with van der Waals surface area (Å²) in [4.78, 5) is 12.1. The van der Waals surface area contributed by atoms with E-state index in [2.05, 4.69) is 4.72 Å². The van der Waals surface area contributed by atoms with Crippen molar-refractivity contribution < 1.29 is 22.3 Å². The molecule has 0 saturated heterocycles. The van der Waals surface area contributed by atoms with Crippen LogP contribution in [0.1, 0.15) is 16.6 Å². The third-order valence-electron chi connectivity index (χ3n) is 3.73. The first-order chi connectivity index (χ1) is 13.3. The first-order valence-electron chi connectivity index (χ1n) is 8.15. The molecule has 0 atom stereocenters. The van der Waals surface area contributed by atoms with Gasteiger partial charge in [0, 0.05) is 10.9 Å². The van der Waals surface area contributed by atoms with E-state index in [1.807, 2.05) is 0 Å². The van der Waals surface area contributed by atoms with Crippen LogP contribution in [0.3, 0.4) is 0 Å². The van der Waals surface area contributed by atoms with Crippen LogP contribution in [0.25, 0.3) is 11.1 Å². The Morgan fingerprint density at radius 2 is 1.93 bits per heavy atom. The first-order valence-corrected chi connectivity index (χ1v) is 10.9. The van der Waals surface area contributed by atoms with E-state index >= 15 is 0 Å². The highest BCUT2D eigenvalue weighted by Gasteiger charge is 2.30. The largest absolute Gasteiger partial charge is 0.462 e. The van der Waals surface area contributed by atoms with Gasteiger partial charge < -0.3 is 4.74 Å². The van der Waals surface area contributed by atoms with Crippen molar-refractivity contribution in [3.63, 3.8) is 0 Å². The lowest BCUT2D eigenvalue weighted by Crippen LogP contribution is -2.17. The van der Waals surface area contributed by atoms with Crippen LogP contribution in [0.4, 0.5) is 10.1 Å². The Morgan fingerprint density at radius 1 is 1.21 bits per heavy atom. The summed E-state index contributed by atoms with van der Waals surface area (Å²) in [6, 6.07) is 12.3. The number of esters is 1. The zero-order valence-corrected chi connectivity index (χ0v) is 17.0. The first kappa shape index (κ1) is 20.3. The second-order valence-electron chi connectivity index (χ2n) is 5.63. The molecule has 1 N–H and O–H groups in total. The Labute approximate surface area is 170 Å². The zero-order valence-electron chi connectivity index (χ0n) is 14.6. The average Bonchev–Trinajstić information content (AvgIpc) is 3.12. The maximum atomic E-state index is 13.4. The van der Waals surface area contributed by atoms with Gasteiger partial charge in [0.25, 0.3) is 10.0 Å². The number of rotatable bonds is 6. The summed E-state index contributed by atoms with van der Waals surface area (Å²) in [5.74, 6) is -1.40. The number of sulfonamides is 1. The summed E-state index contributed by atoms with van der Waals surface area (Å²) in [5, 5.41) is 1.37. The lowest BCUT2D eigenvalue weighted by atomic mass is 10.1. The van der Waals surface area contributed by atoms with Gasteiger partial charge in [0.05, 0.1) is 17.3 Å². The van der Waals surface area contributed by atoms with Gasteiger partial charge in [0.2, 0.25) is 0 Å². The van der Waals surface area contributed by atoms with Gasteiger partial charge in [-0.05, 0) is 30.7 Å². The molecule has 0 saturated carbocycles. The maximum absolute atomic E-state index is 13.4. The topological polar surface area (TPSA) is 72.5 Å². The molecule has 3 aromatic rings. The van der Waals surface area contributed by atoms with Crippen molar-refractivity contribution in [2.45, 2.75) is 11.8 Å². The molecule has 0 amide bonds.